The molecular weight excluding hydrogens is 218 g/mol. The average molecular weight is 245 g/mol. The highest BCUT2D eigenvalue weighted by Crippen LogP contribution is 2.43. The van der Waals surface area contributed by atoms with Crippen LogP contribution in [0.1, 0.15) is 53.0 Å². The molecule has 18 heavy (non-hydrogen) atoms. The molecule has 0 fully saturated rings. The lowest BCUT2D eigenvalue weighted by molar-refractivity contribution is 0.298. The standard InChI is InChI=1S/C17H27N/c1-12(2)15-10-11-17(5,13(3)4)14-8-6-7-9-16(14)18-15/h6-9,12-13,15,18H,10-11H2,1-5H3. The van der Waals surface area contributed by atoms with E-state index in [0.29, 0.717) is 23.3 Å². The van der Waals surface area contributed by atoms with Crippen molar-refractivity contribution in [3.05, 3.63) is 29.8 Å². The number of para-hydroxylation sites is 1. The average Bonchev–Trinajstić information content (AvgIpc) is 2.48. The fourth-order valence-electron chi connectivity index (χ4n) is 3.07. The van der Waals surface area contributed by atoms with Crippen molar-refractivity contribution in [1.82, 2.24) is 0 Å². The zero-order valence-corrected chi connectivity index (χ0v) is 12.5. The molecule has 2 unspecified atom stereocenters. The second kappa shape index (κ2) is 4.95. The maximum atomic E-state index is 3.77. The van der Waals surface area contributed by atoms with Crippen LogP contribution >= 0.6 is 0 Å². The van der Waals surface area contributed by atoms with Crippen molar-refractivity contribution in [3.63, 3.8) is 0 Å². The molecule has 1 aromatic carbocycles. The summed E-state index contributed by atoms with van der Waals surface area (Å²) in [6, 6.07) is 9.49. The number of rotatable bonds is 2. The second-order valence-electron chi connectivity index (χ2n) is 6.65. The summed E-state index contributed by atoms with van der Waals surface area (Å²) in [7, 11) is 0. The minimum atomic E-state index is 0.299. The molecule has 0 saturated carbocycles. The van der Waals surface area contributed by atoms with Gasteiger partial charge in [0.15, 0.2) is 0 Å². The fourth-order valence-corrected chi connectivity index (χ4v) is 3.07. The van der Waals surface area contributed by atoms with Crippen LogP contribution in [0.3, 0.4) is 0 Å². The van der Waals surface area contributed by atoms with E-state index in [2.05, 4.69) is 64.2 Å². The van der Waals surface area contributed by atoms with Gasteiger partial charge in [0, 0.05) is 11.7 Å². The smallest absolute Gasteiger partial charge is 0.0380 e. The Morgan fingerprint density at radius 2 is 1.83 bits per heavy atom. The highest BCUT2D eigenvalue weighted by Gasteiger charge is 2.36. The molecule has 0 aliphatic carbocycles. The minimum absolute atomic E-state index is 0.299. The first-order valence-electron chi connectivity index (χ1n) is 7.31. The first kappa shape index (κ1) is 13.5. The van der Waals surface area contributed by atoms with Crippen molar-refractivity contribution in [3.8, 4) is 0 Å². The summed E-state index contributed by atoms with van der Waals surface area (Å²) in [6.45, 7) is 11.8. The van der Waals surface area contributed by atoms with Crippen LogP contribution in [0.2, 0.25) is 0 Å². The SMILES string of the molecule is CC(C)C1CCC(C)(C(C)C)c2ccccc2N1. The van der Waals surface area contributed by atoms with Crippen molar-refractivity contribution in [2.24, 2.45) is 11.8 Å². The summed E-state index contributed by atoms with van der Waals surface area (Å²) in [5, 5.41) is 3.77. The normalized spacial score (nSPS) is 27.8. The van der Waals surface area contributed by atoms with E-state index in [-0.39, 0.29) is 0 Å². The fraction of sp³-hybridized carbons (Fsp3) is 0.647. The van der Waals surface area contributed by atoms with Crippen LogP contribution < -0.4 is 5.32 Å². The van der Waals surface area contributed by atoms with Crippen molar-refractivity contribution >= 4 is 5.69 Å². The van der Waals surface area contributed by atoms with Crippen LogP contribution in [0.25, 0.3) is 0 Å². The van der Waals surface area contributed by atoms with Crippen LogP contribution in [0.4, 0.5) is 5.69 Å². The van der Waals surface area contributed by atoms with Gasteiger partial charge in [0.2, 0.25) is 0 Å². The minimum Gasteiger partial charge on any atom is -0.382 e. The first-order chi connectivity index (χ1) is 8.45. The van der Waals surface area contributed by atoms with E-state index in [0.717, 1.165) is 0 Å². The van der Waals surface area contributed by atoms with Gasteiger partial charge < -0.3 is 5.32 Å². The molecule has 1 heteroatoms. The zero-order chi connectivity index (χ0) is 13.3. The summed E-state index contributed by atoms with van der Waals surface area (Å²) >= 11 is 0. The van der Waals surface area contributed by atoms with E-state index in [4.69, 9.17) is 0 Å². The molecular formula is C17H27N. The highest BCUT2D eigenvalue weighted by atomic mass is 14.9. The molecule has 0 spiro atoms. The predicted octanol–water partition coefficient (Wildman–Crippen LogP) is 4.83. The molecule has 1 heterocycles. The van der Waals surface area contributed by atoms with Gasteiger partial charge in [-0.2, -0.15) is 0 Å². The van der Waals surface area contributed by atoms with Crippen molar-refractivity contribution in [1.29, 1.82) is 0 Å². The molecule has 1 nitrogen and oxygen atoms in total. The monoisotopic (exact) mass is 245 g/mol. The quantitative estimate of drug-likeness (QED) is 0.787. The van der Waals surface area contributed by atoms with Crippen LogP contribution in [0.5, 0.6) is 0 Å². The van der Waals surface area contributed by atoms with E-state index in [1.54, 1.807) is 0 Å². The summed E-state index contributed by atoms with van der Waals surface area (Å²) in [5.74, 6) is 1.36. The Balaban J connectivity index is 2.45. The van der Waals surface area contributed by atoms with E-state index in [1.165, 1.54) is 24.1 Å². The van der Waals surface area contributed by atoms with Gasteiger partial charge in [-0.05, 0) is 41.7 Å². The Bertz CT molecular complexity index is 408. The van der Waals surface area contributed by atoms with E-state index in [9.17, 15) is 0 Å². The molecule has 1 aliphatic heterocycles. The Hall–Kier alpha value is -0.980. The van der Waals surface area contributed by atoms with Gasteiger partial charge in [0.05, 0.1) is 0 Å². The predicted molar refractivity (Wildman–Crippen MR) is 80.1 cm³/mol. The summed E-state index contributed by atoms with van der Waals surface area (Å²) < 4.78 is 0. The maximum Gasteiger partial charge on any atom is 0.0380 e. The lowest BCUT2D eigenvalue weighted by Crippen LogP contribution is -2.29. The lowest BCUT2D eigenvalue weighted by Gasteiger charge is -2.34. The molecule has 2 rings (SSSR count). The van der Waals surface area contributed by atoms with Gasteiger partial charge in [-0.25, -0.2) is 0 Å². The molecule has 0 amide bonds. The molecule has 0 bridgehead atoms. The van der Waals surface area contributed by atoms with Crippen LogP contribution in [0.15, 0.2) is 24.3 Å². The second-order valence-corrected chi connectivity index (χ2v) is 6.65. The van der Waals surface area contributed by atoms with Gasteiger partial charge in [0.1, 0.15) is 0 Å². The molecule has 100 valence electrons. The van der Waals surface area contributed by atoms with Crippen molar-refractivity contribution < 1.29 is 0 Å². The number of anilines is 1. The molecule has 1 aromatic rings. The number of hydrogen-bond donors (Lipinski definition) is 1. The topological polar surface area (TPSA) is 12.0 Å². The molecule has 0 saturated heterocycles. The number of nitrogens with one attached hydrogen (secondary N) is 1. The lowest BCUT2D eigenvalue weighted by atomic mass is 9.70. The van der Waals surface area contributed by atoms with Gasteiger partial charge in [-0.3, -0.25) is 0 Å². The summed E-state index contributed by atoms with van der Waals surface area (Å²) in [4.78, 5) is 0. The zero-order valence-electron chi connectivity index (χ0n) is 12.5. The van der Waals surface area contributed by atoms with E-state index >= 15 is 0 Å². The third-order valence-corrected chi connectivity index (χ3v) is 4.94. The Morgan fingerprint density at radius 1 is 1.17 bits per heavy atom. The summed E-state index contributed by atoms with van der Waals surface area (Å²) in [6.07, 6.45) is 2.54. The van der Waals surface area contributed by atoms with Crippen LogP contribution in [-0.2, 0) is 5.41 Å². The maximum absolute atomic E-state index is 3.77. The third kappa shape index (κ3) is 2.28. The highest BCUT2D eigenvalue weighted by molar-refractivity contribution is 5.56. The Morgan fingerprint density at radius 3 is 2.44 bits per heavy atom. The molecule has 0 radical (unpaired) electrons. The molecule has 2 atom stereocenters. The van der Waals surface area contributed by atoms with Crippen LogP contribution in [0, 0.1) is 11.8 Å². The van der Waals surface area contributed by atoms with Crippen molar-refractivity contribution in [2.75, 3.05) is 5.32 Å². The Labute approximate surface area is 112 Å². The number of hydrogen-bond acceptors (Lipinski definition) is 1. The molecule has 1 N–H and O–H groups in total. The van der Waals surface area contributed by atoms with E-state index < -0.39 is 0 Å². The first-order valence-corrected chi connectivity index (χ1v) is 7.31. The molecule has 1 aliphatic rings. The van der Waals surface area contributed by atoms with Gasteiger partial charge in [-0.1, -0.05) is 52.8 Å². The van der Waals surface area contributed by atoms with E-state index in [1.807, 2.05) is 0 Å². The summed E-state index contributed by atoms with van der Waals surface area (Å²) in [5.41, 5.74) is 3.15. The number of fused-ring (bicyclic) bond motifs is 1. The third-order valence-electron chi connectivity index (χ3n) is 4.94. The van der Waals surface area contributed by atoms with Gasteiger partial charge >= 0.3 is 0 Å². The van der Waals surface area contributed by atoms with Crippen LogP contribution in [-0.4, -0.2) is 6.04 Å². The Kier molecular flexibility index (Phi) is 3.70. The van der Waals surface area contributed by atoms with Crippen molar-refractivity contribution in [2.45, 2.75) is 58.9 Å². The number of benzene rings is 1. The van der Waals surface area contributed by atoms with Gasteiger partial charge in [0.25, 0.3) is 0 Å². The van der Waals surface area contributed by atoms with Gasteiger partial charge in [-0.15, -0.1) is 0 Å². The largest absolute Gasteiger partial charge is 0.382 e. The molecule has 0 aromatic heterocycles.